The molecule has 8 heteroatoms. The van der Waals surface area contributed by atoms with Crippen LogP contribution < -0.4 is 15.5 Å². The van der Waals surface area contributed by atoms with Gasteiger partial charge in [-0.1, -0.05) is 55.4 Å². The van der Waals surface area contributed by atoms with Crippen LogP contribution in [0.1, 0.15) is 43.2 Å². The zero-order valence-electron chi connectivity index (χ0n) is 19.0. The Balaban J connectivity index is 1.23. The highest BCUT2D eigenvalue weighted by Crippen LogP contribution is 2.21. The van der Waals surface area contributed by atoms with E-state index in [1.54, 1.807) is 0 Å². The summed E-state index contributed by atoms with van der Waals surface area (Å²) in [5, 5.41) is 9.78. The van der Waals surface area contributed by atoms with E-state index in [-0.39, 0.29) is 18.2 Å². The highest BCUT2D eigenvalue weighted by molar-refractivity contribution is 5.82. The highest BCUT2D eigenvalue weighted by Gasteiger charge is 2.16. The fourth-order valence-corrected chi connectivity index (χ4v) is 3.68. The summed E-state index contributed by atoms with van der Waals surface area (Å²) >= 11 is 0. The largest absolute Gasteiger partial charge is 0.360 e. The van der Waals surface area contributed by atoms with Crippen LogP contribution >= 0.6 is 0 Å². The lowest BCUT2D eigenvalue weighted by Crippen LogP contribution is -2.47. The van der Waals surface area contributed by atoms with Crippen molar-refractivity contribution in [3.05, 3.63) is 65.5 Å². The third-order valence-electron chi connectivity index (χ3n) is 5.70. The molecule has 1 aliphatic heterocycles. The van der Waals surface area contributed by atoms with Crippen LogP contribution in [0.3, 0.4) is 0 Å². The molecule has 2 heterocycles. The van der Waals surface area contributed by atoms with Crippen molar-refractivity contribution in [2.24, 2.45) is 0 Å². The molecule has 3 aromatic rings. The van der Waals surface area contributed by atoms with Gasteiger partial charge < -0.3 is 20.1 Å². The minimum absolute atomic E-state index is 0.0370. The van der Waals surface area contributed by atoms with Gasteiger partial charge in [0.25, 0.3) is 0 Å². The van der Waals surface area contributed by atoms with Crippen LogP contribution in [0.2, 0.25) is 0 Å². The van der Waals surface area contributed by atoms with Crippen molar-refractivity contribution in [3.8, 4) is 11.4 Å². The number of amides is 2. The summed E-state index contributed by atoms with van der Waals surface area (Å²) in [5.74, 6) is 1.41. The first-order valence-electron chi connectivity index (χ1n) is 11.3. The van der Waals surface area contributed by atoms with Crippen molar-refractivity contribution in [1.82, 2.24) is 20.8 Å². The molecule has 8 nitrogen and oxygen atoms in total. The van der Waals surface area contributed by atoms with Gasteiger partial charge in [-0.3, -0.25) is 9.59 Å². The monoisotopic (exact) mass is 447 g/mol. The van der Waals surface area contributed by atoms with E-state index >= 15 is 0 Å². The number of aromatic nitrogens is 2. The van der Waals surface area contributed by atoms with Crippen molar-refractivity contribution < 1.29 is 14.1 Å². The summed E-state index contributed by atoms with van der Waals surface area (Å²) in [6.45, 7) is 6.56. The number of carbonyl (C=O) groups is 2. The lowest BCUT2D eigenvalue weighted by Gasteiger charge is -2.28. The van der Waals surface area contributed by atoms with Crippen LogP contribution in [0.15, 0.2) is 53.1 Å². The predicted molar refractivity (Wildman–Crippen MR) is 126 cm³/mol. The summed E-state index contributed by atoms with van der Waals surface area (Å²) in [5.41, 5.74) is 4.16. The Morgan fingerprint density at radius 2 is 1.91 bits per heavy atom. The second kappa shape index (κ2) is 10.3. The molecule has 172 valence electrons. The fourth-order valence-electron chi connectivity index (χ4n) is 3.68. The number of piperazine rings is 1. The van der Waals surface area contributed by atoms with Gasteiger partial charge >= 0.3 is 0 Å². The van der Waals surface area contributed by atoms with Crippen LogP contribution in [0.25, 0.3) is 11.4 Å². The topological polar surface area (TPSA) is 100 Å². The molecule has 1 saturated heterocycles. The minimum Gasteiger partial charge on any atom is -0.360 e. The lowest BCUT2D eigenvalue weighted by atomic mass is 10.0. The van der Waals surface area contributed by atoms with E-state index in [0.717, 1.165) is 23.4 Å². The van der Waals surface area contributed by atoms with Gasteiger partial charge in [-0.15, -0.1) is 0 Å². The maximum absolute atomic E-state index is 12.3. The number of hydrogen-bond acceptors (Lipinski definition) is 6. The molecule has 4 rings (SSSR count). The first kappa shape index (κ1) is 22.5. The SMILES string of the molecule is CC(C)c1ccc(-c2noc(CCC(=O)NCc3ccc(N4CCNC(=O)C4)cc3)n2)cc1. The van der Waals surface area contributed by atoms with Crippen molar-refractivity contribution >= 4 is 17.5 Å². The van der Waals surface area contributed by atoms with Gasteiger partial charge in [0.2, 0.25) is 23.5 Å². The Morgan fingerprint density at radius 1 is 1.15 bits per heavy atom. The second-order valence-electron chi connectivity index (χ2n) is 8.50. The van der Waals surface area contributed by atoms with Gasteiger partial charge in [0, 0.05) is 43.7 Å². The smallest absolute Gasteiger partial charge is 0.239 e. The molecule has 1 aliphatic rings. The molecule has 0 saturated carbocycles. The van der Waals surface area contributed by atoms with Gasteiger partial charge in [-0.05, 0) is 29.2 Å². The average Bonchev–Trinajstić information content (AvgIpc) is 3.31. The second-order valence-corrected chi connectivity index (χ2v) is 8.50. The van der Waals surface area contributed by atoms with E-state index in [9.17, 15) is 9.59 Å². The Kier molecular flexibility index (Phi) is 7.02. The maximum atomic E-state index is 12.3. The van der Waals surface area contributed by atoms with E-state index in [1.165, 1.54) is 5.56 Å². The Labute approximate surface area is 193 Å². The van der Waals surface area contributed by atoms with Crippen molar-refractivity contribution in [2.45, 2.75) is 39.2 Å². The molecular formula is C25H29N5O3. The quantitative estimate of drug-likeness (QED) is 0.551. The summed E-state index contributed by atoms with van der Waals surface area (Å²) in [4.78, 5) is 30.3. The number of aryl methyl sites for hydroxylation is 1. The highest BCUT2D eigenvalue weighted by atomic mass is 16.5. The molecule has 1 aromatic heterocycles. The molecule has 2 N–H and O–H groups in total. The van der Waals surface area contributed by atoms with Crippen LogP contribution in [-0.4, -0.2) is 41.6 Å². The molecule has 0 radical (unpaired) electrons. The maximum Gasteiger partial charge on any atom is 0.239 e. The molecule has 0 atom stereocenters. The number of rotatable bonds is 8. The van der Waals surface area contributed by atoms with Gasteiger partial charge in [-0.2, -0.15) is 4.98 Å². The zero-order valence-corrected chi connectivity index (χ0v) is 19.0. The van der Waals surface area contributed by atoms with Crippen molar-refractivity contribution in [2.75, 3.05) is 24.5 Å². The van der Waals surface area contributed by atoms with E-state index in [4.69, 9.17) is 4.52 Å². The molecule has 1 fully saturated rings. The van der Waals surface area contributed by atoms with Gasteiger partial charge in [-0.25, -0.2) is 0 Å². The van der Waals surface area contributed by atoms with E-state index in [1.807, 2.05) is 41.3 Å². The number of anilines is 1. The zero-order chi connectivity index (χ0) is 23.2. The normalized spacial score (nSPS) is 13.8. The first-order valence-corrected chi connectivity index (χ1v) is 11.3. The van der Waals surface area contributed by atoms with Crippen molar-refractivity contribution in [3.63, 3.8) is 0 Å². The Hall–Kier alpha value is -3.68. The predicted octanol–water partition coefficient (Wildman–Crippen LogP) is 3.05. The molecule has 2 aromatic carbocycles. The van der Waals surface area contributed by atoms with Crippen molar-refractivity contribution in [1.29, 1.82) is 0 Å². The van der Waals surface area contributed by atoms with Gasteiger partial charge in [0.05, 0.1) is 6.54 Å². The van der Waals surface area contributed by atoms with E-state index in [0.29, 0.717) is 43.7 Å². The van der Waals surface area contributed by atoms with Gasteiger partial charge in [0.1, 0.15) is 0 Å². The molecule has 0 aliphatic carbocycles. The van der Waals surface area contributed by atoms with E-state index < -0.39 is 0 Å². The molecule has 2 amide bonds. The van der Waals surface area contributed by atoms with Gasteiger partial charge in [0.15, 0.2) is 0 Å². The average molecular weight is 448 g/mol. The third-order valence-corrected chi connectivity index (χ3v) is 5.70. The lowest BCUT2D eigenvalue weighted by molar-refractivity contribution is -0.121. The Bertz CT molecular complexity index is 1090. The number of hydrogen-bond donors (Lipinski definition) is 2. The van der Waals surface area contributed by atoms with Crippen LogP contribution in [-0.2, 0) is 22.6 Å². The standard InChI is InChI=1S/C25H29N5O3/c1-17(2)19-5-7-20(8-6-19)25-28-24(33-29-25)12-11-22(31)27-15-18-3-9-21(10-4-18)30-14-13-26-23(32)16-30/h3-10,17H,11-16H2,1-2H3,(H,26,32)(H,27,31). The summed E-state index contributed by atoms with van der Waals surface area (Å²) in [6.07, 6.45) is 0.660. The fraction of sp³-hybridized carbons (Fsp3) is 0.360. The molecule has 0 unspecified atom stereocenters. The molecule has 33 heavy (non-hydrogen) atoms. The summed E-state index contributed by atoms with van der Waals surface area (Å²) in [6, 6.07) is 16.0. The Morgan fingerprint density at radius 3 is 2.61 bits per heavy atom. The number of benzene rings is 2. The van der Waals surface area contributed by atoms with Crippen LogP contribution in [0, 0.1) is 0 Å². The van der Waals surface area contributed by atoms with Crippen LogP contribution in [0.5, 0.6) is 0 Å². The molecule has 0 spiro atoms. The first-order chi connectivity index (χ1) is 16.0. The number of nitrogens with zero attached hydrogens (tertiary/aromatic N) is 3. The number of nitrogens with one attached hydrogen (secondary N) is 2. The minimum atomic E-state index is -0.0761. The van der Waals surface area contributed by atoms with E-state index in [2.05, 4.69) is 46.8 Å². The third kappa shape index (κ3) is 5.97. The van der Waals surface area contributed by atoms with Crippen LogP contribution in [0.4, 0.5) is 5.69 Å². The molecular weight excluding hydrogens is 418 g/mol. The number of carbonyl (C=O) groups excluding carboxylic acids is 2. The molecule has 0 bridgehead atoms. The summed E-state index contributed by atoms with van der Waals surface area (Å²) < 4.78 is 5.31. The summed E-state index contributed by atoms with van der Waals surface area (Å²) in [7, 11) is 0.